The van der Waals surface area contributed by atoms with Crippen LogP contribution in [-0.2, 0) is 11.8 Å². The van der Waals surface area contributed by atoms with Crippen LogP contribution in [0, 0.1) is 11.6 Å². The van der Waals surface area contributed by atoms with E-state index in [1.54, 1.807) is 0 Å². The van der Waals surface area contributed by atoms with Crippen molar-refractivity contribution in [1.29, 1.82) is 0 Å². The van der Waals surface area contributed by atoms with Crippen molar-refractivity contribution in [3.05, 3.63) is 53.9 Å². The summed E-state index contributed by atoms with van der Waals surface area (Å²) in [6.07, 6.45) is 4.04. The van der Waals surface area contributed by atoms with E-state index in [4.69, 9.17) is 0 Å². The largest absolute Gasteiger partial charge is 0.353 e. The minimum absolute atomic E-state index is 0.214. The molecular weight excluding hydrogens is 300 g/mol. The van der Waals surface area contributed by atoms with Gasteiger partial charge in [-0.3, -0.25) is 9.69 Å². The Bertz CT molecular complexity index is 714. The molecule has 1 aromatic heterocycles. The SMILES string of the molecule is Cn1cccc1[C@@H]1CCCN1CC(=O)Nc1ccc(F)c(F)c1. The first-order valence-corrected chi connectivity index (χ1v) is 7.65. The summed E-state index contributed by atoms with van der Waals surface area (Å²) >= 11 is 0. The lowest BCUT2D eigenvalue weighted by atomic mass is 10.1. The fourth-order valence-electron chi connectivity index (χ4n) is 3.13. The van der Waals surface area contributed by atoms with Gasteiger partial charge in [-0.15, -0.1) is 0 Å². The van der Waals surface area contributed by atoms with Crippen LogP contribution >= 0.6 is 0 Å². The van der Waals surface area contributed by atoms with Crippen molar-refractivity contribution < 1.29 is 13.6 Å². The molecule has 1 N–H and O–H groups in total. The second-order valence-electron chi connectivity index (χ2n) is 5.85. The summed E-state index contributed by atoms with van der Waals surface area (Å²) in [5, 5.41) is 2.62. The normalized spacial score (nSPS) is 18.3. The maximum absolute atomic E-state index is 13.2. The first-order chi connectivity index (χ1) is 11.0. The van der Waals surface area contributed by atoms with E-state index in [1.807, 2.05) is 19.3 Å². The van der Waals surface area contributed by atoms with Gasteiger partial charge in [0.25, 0.3) is 0 Å². The number of aromatic nitrogens is 1. The van der Waals surface area contributed by atoms with E-state index in [0.717, 1.165) is 31.5 Å². The van der Waals surface area contributed by atoms with Crippen molar-refractivity contribution in [2.45, 2.75) is 18.9 Å². The van der Waals surface area contributed by atoms with E-state index in [-0.39, 0.29) is 24.2 Å². The number of rotatable bonds is 4. The van der Waals surface area contributed by atoms with Crippen molar-refractivity contribution in [3.63, 3.8) is 0 Å². The number of carbonyl (C=O) groups excluding carboxylic acids is 1. The van der Waals surface area contributed by atoms with E-state index in [1.165, 1.54) is 11.8 Å². The van der Waals surface area contributed by atoms with Crippen LogP contribution in [0.5, 0.6) is 0 Å². The average molecular weight is 319 g/mol. The average Bonchev–Trinajstić information content (AvgIpc) is 3.11. The Kier molecular flexibility index (Phi) is 4.43. The van der Waals surface area contributed by atoms with Crippen molar-refractivity contribution in [2.75, 3.05) is 18.4 Å². The topological polar surface area (TPSA) is 37.3 Å². The van der Waals surface area contributed by atoms with Crippen LogP contribution in [0.15, 0.2) is 36.5 Å². The molecule has 0 bridgehead atoms. The van der Waals surface area contributed by atoms with E-state index in [2.05, 4.69) is 20.9 Å². The fraction of sp³-hybridized carbons (Fsp3) is 0.353. The molecule has 0 radical (unpaired) electrons. The standard InChI is InChI=1S/C17H19F2N3O/c1-21-8-2-4-15(21)16-5-3-9-22(16)11-17(23)20-12-6-7-13(18)14(19)10-12/h2,4,6-8,10,16H,3,5,9,11H2,1H3,(H,20,23)/t16-/m0/s1. The third-order valence-corrected chi connectivity index (χ3v) is 4.24. The third kappa shape index (κ3) is 3.42. The van der Waals surface area contributed by atoms with Crippen molar-refractivity contribution >= 4 is 11.6 Å². The smallest absolute Gasteiger partial charge is 0.238 e. The number of likely N-dealkylation sites (tertiary alicyclic amines) is 1. The number of nitrogens with zero attached hydrogens (tertiary/aromatic N) is 2. The monoisotopic (exact) mass is 319 g/mol. The molecule has 23 heavy (non-hydrogen) atoms. The van der Waals surface area contributed by atoms with Crippen LogP contribution in [0.4, 0.5) is 14.5 Å². The Hall–Kier alpha value is -2.21. The van der Waals surface area contributed by atoms with Gasteiger partial charge in [-0.05, 0) is 43.7 Å². The second-order valence-corrected chi connectivity index (χ2v) is 5.85. The number of benzene rings is 1. The predicted octanol–water partition coefficient (Wildman–Crippen LogP) is 3.08. The van der Waals surface area contributed by atoms with Crippen LogP contribution in [-0.4, -0.2) is 28.5 Å². The van der Waals surface area contributed by atoms with Crippen molar-refractivity contribution in [3.8, 4) is 0 Å². The van der Waals surface area contributed by atoms with Gasteiger partial charge in [0, 0.05) is 30.7 Å². The predicted molar refractivity (Wildman–Crippen MR) is 83.9 cm³/mol. The van der Waals surface area contributed by atoms with Gasteiger partial charge in [-0.2, -0.15) is 0 Å². The lowest BCUT2D eigenvalue weighted by molar-refractivity contribution is -0.117. The van der Waals surface area contributed by atoms with Crippen LogP contribution in [0.2, 0.25) is 0 Å². The molecule has 0 spiro atoms. The summed E-state index contributed by atoms with van der Waals surface area (Å²) < 4.78 is 28.2. The van der Waals surface area contributed by atoms with Crippen molar-refractivity contribution in [2.24, 2.45) is 7.05 Å². The number of amides is 1. The first kappa shape index (κ1) is 15.7. The molecule has 122 valence electrons. The van der Waals surface area contributed by atoms with Crippen molar-refractivity contribution in [1.82, 2.24) is 9.47 Å². The molecule has 1 fully saturated rings. The molecule has 6 heteroatoms. The highest BCUT2D eigenvalue weighted by Crippen LogP contribution is 2.31. The van der Waals surface area contributed by atoms with Gasteiger partial charge in [-0.25, -0.2) is 8.78 Å². The molecule has 1 aromatic carbocycles. The quantitative estimate of drug-likeness (QED) is 0.940. The molecule has 3 rings (SSSR count). The highest BCUT2D eigenvalue weighted by molar-refractivity contribution is 5.92. The number of carbonyl (C=O) groups is 1. The molecule has 1 aliphatic heterocycles. The minimum Gasteiger partial charge on any atom is -0.353 e. The number of aryl methyl sites for hydroxylation is 1. The maximum atomic E-state index is 13.2. The van der Waals surface area contributed by atoms with Gasteiger partial charge in [0.1, 0.15) is 0 Å². The fourth-order valence-corrected chi connectivity index (χ4v) is 3.13. The minimum atomic E-state index is -0.967. The molecule has 1 amide bonds. The van der Waals surface area contributed by atoms with E-state index in [9.17, 15) is 13.6 Å². The van der Waals surface area contributed by atoms with Crippen LogP contribution in [0.3, 0.4) is 0 Å². The van der Waals surface area contributed by atoms with Gasteiger partial charge < -0.3 is 9.88 Å². The zero-order chi connectivity index (χ0) is 16.4. The molecule has 1 aliphatic rings. The highest BCUT2D eigenvalue weighted by Gasteiger charge is 2.28. The highest BCUT2D eigenvalue weighted by atomic mass is 19.2. The molecule has 0 unspecified atom stereocenters. The molecule has 2 aromatic rings. The lowest BCUT2D eigenvalue weighted by Crippen LogP contribution is -2.33. The van der Waals surface area contributed by atoms with Gasteiger partial charge in [0.15, 0.2) is 11.6 Å². The van der Waals surface area contributed by atoms with Crippen LogP contribution < -0.4 is 5.32 Å². The lowest BCUT2D eigenvalue weighted by Gasteiger charge is -2.24. The maximum Gasteiger partial charge on any atom is 0.238 e. The molecule has 0 aliphatic carbocycles. The van der Waals surface area contributed by atoms with Gasteiger partial charge >= 0.3 is 0 Å². The summed E-state index contributed by atoms with van der Waals surface area (Å²) in [7, 11) is 1.99. The molecule has 1 atom stereocenters. The van der Waals surface area contributed by atoms with Gasteiger partial charge in [0.2, 0.25) is 5.91 Å². The second kappa shape index (κ2) is 6.50. The first-order valence-electron chi connectivity index (χ1n) is 7.65. The van der Waals surface area contributed by atoms with Gasteiger partial charge in [0.05, 0.1) is 12.6 Å². The summed E-state index contributed by atoms with van der Waals surface area (Å²) in [6.45, 7) is 1.08. The molecular formula is C17H19F2N3O. The van der Waals surface area contributed by atoms with Crippen LogP contribution in [0.1, 0.15) is 24.6 Å². The molecule has 2 heterocycles. The number of hydrogen-bond donors (Lipinski definition) is 1. The molecule has 0 saturated carbocycles. The third-order valence-electron chi connectivity index (χ3n) is 4.24. The summed E-state index contributed by atoms with van der Waals surface area (Å²) in [5.41, 5.74) is 1.45. The molecule has 4 nitrogen and oxygen atoms in total. The number of halogens is 2. The number of hydrogen-bond acceptors (Lipinski definition) is 2. The Balaban J connectivity index is 1.65. The summed E-state index contributed by atoms with van der Waals surface area (Å²) in [4.78, 5) is 14.3. The van der Waals surface area contributed by atoms with E-state index < -0.39 is 11.6 Å². The summed E-state index contributed by atoms with van der Waals surface area (Å²) in [6, 6.07) is 7.63. The Morgan fingerprint density at radius 1 is 1.30 bits per heavy atom. The van der Waals surface area contributed by atoms with Gasteiger partial charge in [-0.1, -0.05) is 0 Å². The van der Waals surface area contributed by atoms with E-state index in [0.29, 0.717) is 0 Å². The van der Waals surface area contributed by atoms with Crippen LogP contribution in [0.25, 0.3) is 0 Å². The zero-order valence-corrected chi connectivity index (χ0v) is 12.9. The number of anilines is 1. The van der Waals surface area contributed by atoms with E-state index >= 15 is 0 Å². The number of nitrogens with one attached hydrogen (secondary N) is 1. The summed E-state index contributed by atoms with van der Waals surface area (Å²) in [5.74, 6) is -2.12. The zero-order valence-electron chi connectivity index (χ0n) is 12.9. The molecule has 1 saturated heterocycles. The Labute approximate surface area is 133 Å². The Morgan fingerprint density at radius 3 is 2.83 bits per heavy atom. The Morgan fingerprint density at radius 2 is 2.13 bits per heavy atom.